The normalized spacial score (nSPS) is 9.41. The molecular formula is C10H10N2O4S. The highest BCUT2D eigenvalue weighted by molar-refractivity contribution is 7.80. The van der Waals surface area contributed by atoms with Crippen molar-refractivity contribution in [1.82, 2.24) is 0 Å². The number of thiocarbonyl (C=S) groups is 1. The summed E-state index contributed by atoms with van der Waals surface area (Å²) in [5.41, 5.74) is 5.53. The molecule has 1 rings (SSSR count). The lowest BCUT2D eigenvalue weighted by Crippen LogP contribution is -2.22. The van der Waals surface area contributed by atoms with Gasteiger partial charge in [0.1, 0.15) is 11.6 Å². The predicted octanol–water partition coefficient (Wildman–Crippen LogP) is 1.22. The molecule has 1 aromatic rings. The van der Waals surface area contributed by atoms with Crippen LogP contribution in [0, 0.1) is 0 Å². The number of amides is 1. The average molecular weight is 254 g/mol. The van der Waals surface area contributed by atoms with Gasteiger partial charge in [-0.1, -0.05) is 18.3 Å². The molecular weight excluding hydrogens is 244 g/mol. The Balaban J connectivity index is 2.62. The Morgan fingerprint density at radius 2 is 2.18 bits per heavy atom. The molecule has 1 amide bonds. The van der Waals surface area contributed by atoms with E-state index in [-0.39, 0.29) is 17.2 Å². The number of carboxylic acids is 1. The molecule has 1 aromatic carbocycles. The smallest absolute Gasteiger partial charge is 0.412 e. The van der Waals surface area contributed by atoms with Crippen molar-refractivity contribution in [2.45, 2.75) is 0 Å². The fourth-order valence-electron chi connectivity index (χ4n) is 1.02. The summed E-state index contributed by atoms with van der Waals surface area (Å²) in [4.78, 5) is 21.9. The number of nitrogens with two attached hydrogens (primary N) is 1. The van der Waals surface area contributed by atoms with Crippen molar-refractivity contribution in [1.29, 1.82) is 0 Å². The van der Waals surface area contributed by atoms with Crippen LogP contribution in [0.25, 0.3) is 0 Å². The van der Waals surface area contributed by atoms with E-state index in [2.05, 4.69) is 22.3 Å². The first-order valence-electron chi connectivity index (χ1n) is 4.54. The number of carbonyl (C=O) groups excluding carboxylic acids is 1. The molecule has 7 heteroatoms. The third-order valence-corrected chi connectivity index (χ3v) is 1.82. The van der Waals surface area contributed by atoms with Gasteiger partial charge >= 0.3 is 12.1 Å². The first-order valence-corrected chi connectivity index (χ1v) is 4.95. The van der Waals surface area contributed by atoms with Crippen LogP contribution in [0.2, 0.25) is 0 Å². The molecule has 0 fully saturated rings. The van der Waals surface area contributed by atoms with Gasteiger partial charge in [0.25, 0.3) is 0 Å². The van der Waals surface area contributed by atoms with E-state index in [9.17, 15) is 9.59 Å². The molecule has 17 heavy (non-hydrogen) atoms. The SMILES string of the molecule is NC(=S)COC(=O)Nc1cccc(C(=O)O)c1. The largest absolute Gasteiger partial charge is 0.478 e. The summed E-state index contributed by atoms with van der Waals surface area (Å²) in [6.45, 7) is -0.167. The lowest BCUT2D eigenvalue weighted by Gasteiger charge is -2.06. The number of hydrogen-bond donors (Lipinski definition) is 3. The summed E-state index contributed by atoms with van der Waals surface area (Å²) < 4.78 is 4.64. The second kappa shape index (κ2) is 5.80. The first-order chi connectivity index (χ1) is 7.99. The number of benzene rings is 1. The molecule has 4 N–H and O–H groups in total. The molecule has 0 saturated heterocycles. The van der Waals surface area contributed by atoms with E-state index in [0.29, 0.717) is 5.69 Å². The van der Waals surface area contributed by atoms with Crippen LogP contribution >= 0.6 is 12.2 Å². The van der Waals surface area contributed by atoms with E-state index >= 15 is 0 Å². The minimum absolute atomic E-state index is 0.0550. The van der Waals surface area contributed by atoms with E-state index in [1.165, 1.54) is 24.3 Å². The highest BCUT2D eigenvalue weighted by Crippen LogP contribution is 2.10. The van der Waals surface area contributed by atoms with Crippen molar-refractivity contribution in [3.63, 3.8) is 0 Å². The lowest BCUT2D eigenvalue weighted by atomic mass is 10.2. The standard InChI is InChI=1S/C10H10N2O4S/c11-8(17)5-16-10(15)12-7-3-1-2-6(4-7)9(13)14/h1-4H,5H2,(H2,11,17)(H,12,15)(H,13,14). The Morgan fingerprint density at radius 1 is 1.47 bits per heavy atom. The molecule has 0 saturated carbocycles. The predicted molar refractivity (Wildman–Crippen MR) is 65.2 cm³/mol. The average Bonchev–Trinajstić information content (AvgIpc) is 2.26. The third kappa shape index (κ3) is 4.47. The molecule has 0 atom stereocenters. The van der Waals surface area contributed by atoms with Gasteiger partial charge in [-0.05, 0) is 18.2 Å². The minimum Gasteiger partial charge on any atom is -0.478 e. The lowest BCUT2D eigenvalue weighted by molar-refractivity contribution is 0.0697. The van der Waals surface area contributed by atoms with Crippen LogP contribution in [0.3, 0.4) is 0 Å². The van der Waals surface area contributed by atoms with Gasteiger partial charge in [0.15, 0.2) is 0 Å². The number of anilines is 1. The zero-order chi connectivity index (χ0) is 12.8. The summed E-state index contributed by atoms with van der Waals surface area (Å²) in [5.74, 6) is -1.08. The van der Waals surface area contributed by atoms with E-state index < -0.39 is 12.1 Å². The van der Waals surface area contributed by atoms with Gasteiger partial charge in [0.2, 0.25) is 0 Å². The summed E-state index contributed by atoms with van der Waals surface area (Å²) >= 11 is 4.53. The van der Waals surface area contributed by atoms with Gasteiger partial charge in [-0.25, -0.2) is 9.59 Å². The molecule has 0 heterocycles. The molecule has 0 aliphatic carbocycles. The van der Waals surface area contributed by atoms with Crippen LogP contribution in [-0.4, -0.2) is 28.8 Å². The van der Waals surface area contributed by atoms with Crippen molar-refractivity contribution in [2.24, 2.45) is 5.73 Å². The van der Waals surface area contributed by atoms with Crippen molar-refractivity contribution in [2.75, 3.05) is 11.9 Å². The van der Waals surface area contributed by atoms with Crippen molar-refractivity contribution < 1.29 is 19.4 Å². The Kier molecular flexibility index (Phi) is 4.41. The Morgan fingerprint density at radius 3 is 2.76 bits per heavy atom. The van der Waals surface area contributed by atoms with E-state index in [1.807, 2.05) is 0 Å². The van der Waals surface area contributed by atoms with Gasteiger partial charge < -0.3 is 15.6 Å². The number of hydrogen-bond acceptors (Lipinski definition) is 4. The van der Waals surface area contributed by atoms with Crippen LogP contribution in [0.1, 0.15) is 10.4 Å². The third-order valence-electron chi connectivity index (χ3n) is 1.70. The van der Waals surface area contributed by atoms with Crippen molar-refractivity contribution >= 4 is 35.0 Å². The monoisotopic (exact) mass is 254 g/mol. The number of carbonyl (C=O) groups is 2. The Labute approximate surface area is 102 Å². The molecule has 90 valence electrons. The number of ether oxygens (including phenoxy) is 1. The second-order valence-electron chi connectivity index (χ2n) is 3.05. The maximum absolute atomic E-state index is 11.2. The maximum Gasteiger partial charge on any atom is 0.412 e. The molecule has 0 aliphatic heterocycles. The summed E-state index contributed by atoms with van der Waals surface area (Å²) in [6.07, 6.45) is -0.750. The van der Waals surface area contributed by atoms with E-state index in [1.54, 1.807) is 0 Å². The zero-order valence-corrected chi connectivity index (χ0v) is 9.49. The number of carboxylic acid groups (broad SMARTS) is 1. The number of nitrogens with one attached hydrogen (secondary N) is 1. The van der Waals surface area contributed by atoms with Crippen LogP contribution in [0.4, 0.5) is 10.5 Å². The Hall–Kier alpha value is -2.15. The van der Waals surface area contributed by atoms with Gasteiger partial charge in [-0.2, -0.15) is 0 Å². The molecule has 0 spiro atoms. The van der Waals surface area contributed by atoms with Gasteiger partial charge in [0.05, 0.1) is 5.56 Å². The van der Waals surface area contributed by atoms with Crippen LogP contribution < -0.4 is 11.1 Å². The molecule has 0 bridgehead atoms. The number of rotatable bonds is 4. The Bertz CT molecular complexity index is 461. The number of aromatic carboxylic acids is 1. The molecule has 0 unspecified atom stereocenters. The van der Waals surface area contributed by atoms with Gasteiger partial charge in [0, 0.05) is 5.69 Å². The van der Waals surface area contributed by atoms with Gasteiger partial charge in [-0.3, -0.25) is 5.32 Å². The zero-order valence-electron chi connectivity index (χ0n) is 8.67. The maximum atomic E-state index is 11.2. The first kappa shape index (κ1) is 12.9. The van der Waals surface area contributed by atoms with Crippen LogP contribution in [0.15, 0.2) is 24.3 Å². The summed E-state index contributed by atoms with van der Waals surface area (Å²) in [5, 5.41) is 11.1. The molecule has 0 aliphatic rings. The summed E-state index contributed by atoms with van der Waals surface area (Å²) in [6, 6.07) is 5.76. The minimum atomic E-state index is -1.08. The highest BCUT2D eigenvalue weighted by Gasteiger charge is 2.06. The van der Waals surface area contributed by atoms with Crippen molar-refractivity contribution in [3.8, 4) is 0 Å². The molecule has 0 aromatic heterocycles. The summed E-state index contributed by atoms with van der Waals surface area (Å²) in [7, 11) is 0. The van der Waals surface area contributed by atoms with Gasteiger partial charge in [-0.15, -0.1) is 0 Å². The fourth-order valence-corrected chi connectivity index (χ4v) is 1.08. The van der Waals surface area contributed by atoms with E-state index in [0.717, 1.165) is 0 Å². The molecule has 0 radical (unpaired) electrons. The quantitative estimate of drug-likeness (QED) is 0.698. The molecule has 6 nitrogen and oxygen atoms in total. The second-order valence-corrected chi connectivity index (χ2v) is 3.58. The van der Waals surface area contributed by atoms with Crippen LogP contribution in [-0.2, 0) is 4.74 Å². The fraction of sp³-hybridized carbons (Fsp3) is 0.100. The van der Waals surface area contributed by atoms with Crippen LogP contribution in [0.5, 0.6) is 0 Å². The van der Waals surface area contributed by atoms with E-state index in [4.69, 9.17) is 10.8 Å². The topological polar surface area (TPSA) is 102 Å². The van der Waals surface area contributed by atoms with Crippen molar-refractivity contribution in [3.05, 3.63) is 29.8 Å². The highest BCUT2D eigenvalue weighted by atomic mass is 32.1.